The van der Waals surface area contributed by atoms with E-state index in [-0.39, 0.29) is 12.1 Å². The van der Waals surface area contributed by atoms with E-state index in [1.807, 2.05) is 29.8 Å². The Morgan fingerprint density at radius 2 is 2.20 bits per heavy atom. The third-order valence-electron chi connectivity index (χ3n) is 3.86. The summed E-state index contributed by atoms with van der Waals surface area (Å²) in [5.41, 5.74) is 0.682. The maximum atomic E-state index is 12.2. The van der Waals surface area contributed by atoms with Gasteiger partial charge in [0, 0.05) is 31.9 Å². The average molecular weight is 278 g/mol. The van der Waals surface area contributed by atoms with E-state index in [0.717, 1.165) is 45.7 Å². The molecule has 0 amide bonds. The molecular weight excluding hydrogens is 256 g/mol. The van der Waals surface area contributed by atoms with E-state index in [1.165, 1.54) is 0 Å². The van der Waals surface area contributed by atoms with Gasteiger partial charge in [0.2, 0.25) is 0 Å². The van der Waals surface area contributed by atoms with Crippen molar-refractivity contribution < 1.29 is 14.3 Å². The Kier molecular flexibility index (Phi) is 4.08. The molecule has 0 aromatic carbocycles. The van der Waals surface area contributed by atoms with Crippen LogP contribution in [0.3, 0.4) is 0 Å². The first-order valence-corrected chi connectivity index (χ1v) is 7.42. The van der Waals surface area contributed by atoms with Crippen molar-refractivity contribution in [2.24, 2.45) is 0 Å². The summed E-state index contributed by atoms with van der Waals surface area (Å²) >= 11 is 0. The molecule has 0 bridgehead atoms. The van der Waals surface area contributed by atoms with Crippen LogP contribution in [0.4, 0.5) is 0 Å². The van der Waals surface area contributed by atoms with Gasteiger partial charge in [-0.3, -0.25) is 4.90 Å². The smallest absolute Gasteiger partial charge is 0.355 e. The molecule has 20 heavy (non-hydrogen) atoms. The van der Waals surface area contributed by atoms with Crippen molar-refractivity contribution in [2.75, 3.05) is 32.8 Å². The number of carbonyl (C=O) groups is 1. The van der Waals surface area contributed by atoms with Crippen LogP contribution >= 0.6 is 0 Å². The highest BCUT2D eigenvalue weighted by Crippen LogP contribution is 2.36. The minimum absolute atomic E-state index is 0.0943. The van der Waals surface area contributed by atoms with Crippen LogP contribution in [0.1, 0.15) is 36.3 Å². The Bertz CT molecular complexity index is 461. The maximum Gasteiger partial charge on any atom is 0.355 e. The topological polar surface area (TPSA) is 43.7 Å². The first-order valence-electron chi connectivity index (χ1n) is 7.42. The van der Waals surface area contributed by atoms with E-state index in [1.54, 1.807) is 0 Å². The minimum atomic E-state index is -0.206. The summed E-state index contributed by atoms with van der Waals surface area (Å²) in [5, 5.41) is 0. The number of rotatable bonds is 5. The van der Waals surface area contributed by atoms with Crippen LogP contribution in [0, 0.1) is 0 Å². The van der Waals surface area contributed by atoms with Crippen molar-refractivity contribution in [3.63, 3.8) is 0 Å². The third kappa shape index (κ3) is 3.22. The van der Waals surface area contributed by atoms with E-state index >= 15 is 0 Å². The molecule has 0 spiro atoms. The van der Waals surface area contributed by atoms with Crippen molar-refractivity contribution in [1.82, 2.24) is 9.47 Å². The van der Waals surface area contributed by atoms with Crippen molar-refractivity contribution in [3.8, 4) is 0 Å². The van der Waals surface area contributed by atoms with E-state index in [9.17, 15) is 4.79 Å². The molecule has 2 aliphatic rings. The molecule has 0 radical (unpaired) electrons. The van der Waals surface area contributed by atoms with Gasteiger partial charge >= 0.3 is 5.97 Å². The summed E-state index contributed by atoms with van der Waals surface area (Å²) in [4.78, 5) is 14.5. The number of hydrogen-bond donors (Lipinski definition) is 0. The minimum Gasteiger partial charge on any atom is -0.457 e. The molecule has 2 heterocycles. The zero-order valence-electron chi connectivity index (χ0n) is 12.0. The second-order valence-corrected chi connectivity index (χ2v) is 5.66. The van der Waals surface area contributed by atoms with Gasteiger partial charge in [0.25, 0.3) is 0 Å². The summed E-state index contributed by atoms with van der Waals surface area (Å²) < 4.78 is 12.9. The average Bonchev–Trinajstić information content (AvgIpc) is 3.16. The van der Waals surface area contributed by atoms with Crippen LogP contribution in [0.15, 0.2) is 18.3 Å². The van der Waals surface area contributed by atoms with Crippen LogP contribution < -0.4 is 0 Å². The molecule has 110 valence electrons. The Morgan fingerprint density at radius 1 is 1.45 bits per heavy atom. The normalized spacial score (nSPS) is 21.6. The fourth-order valence-corrected chi connectivity index (χ4v) is 2.67. The molecule has 1 aromatic heterocycles. The summed E-state index contributed by atoms with van der Waals surface area (Å²) in [6.07, 6.45) is 4.21. The number of esters is 1. The van der Waals surface area contributed by atoms with Gasteiger partial charge in [0.1, 0.15) is 11.8 Å². The lowest BCUT2D eigenvalue weighted by Gasteiger charge is -2.28. The SMILES string of the molecule is C[C@@H](CN1CCOCC1)OC(=O)c1cccn1C1CC1. The fourth-order valence-electron chi connectivity index (χ4n) is 2.67. The van der Waals surface area contributed by atoms with Crippen LogP contribution in [0.2, 0.25) is 0 Å². The molecule has 2 fully saturated rings. The largest absolute Gasteiger partial charge is 0.457 e. The van der Waals surface area contributed by atoms with E-state index in [4.69, 9.17) is 9.47 Å². The van der Waals surface area contributed by atoms with Crippen molar-refractivity contribution in [2.45, 2.75) is 31.9 Å². The predicted octanol–water partition coefficient (Wildman–Crippen LogP) is 1.70. The maximum absolute atomic E-state index is 12.2. The second-order valence-electron chi connectivity index (χ2n) is 5.66. The number of carbonyl (C=O) groups excluding carboxylic acids is 1. The van der Waals surface area contributed by atoms with Gasteiger partial charge in [-0.1, -0.05) is 0 Å². The van der Waals surface area contributed by atoms with Crippen molar-refractivity contribution in [1.29, 1.82) is 0 Å². The lowest BCUT2D eigenvalue weighted by Crippen LogP contribution is -2.41. The molecule has 1 saturated carbocycles. The van der Waals surface area contributed by atoms with Crippen LogP contribution in [0.5, 0.6) is 0 Å². The van der Waals surface area contributed by atoms with Gasteiger partial charge in [-0.05, 0) is 31.9 Å². The monoisotopic (exact) mass is 278 g/mol. The number of nitrogens with zero attached hydrogens (tertiary/aromatic N) is 2. The molecule has 1 aliphatic heterocycles. The first-order chi connectivity index (χ1) is 9.74. The van der Waals surface area contributed by atoms with Gasteiger partial charge in [-0.2, -0.15) is 0 Å². The van der Waals surface area contributed by atoms with E-state index < -0.39 is 0 Å². The quantitative estimate of drug-likeness (QED) is 0.769. The predicted molar refractivity (Wildman–Crippen MR) is 74.8 cm³/mol. The molecule has 1 aliphatic carbocycles. The lowest BCUT2D eigenvalue weighted by molar-refractivity contribution is -0.000147. The zero-order chi connectivity index (χ0) is 13.9. The lowest BCUT2D eigenvalue weighted by atomic mass is 10.3. The molecule has 1 saturated heterocycles. The Hall–Kier alpha value is -1.33. The Morgan fingerprint density at radius 3 is 2.90 bits per heavy atom. The molecule has 0 N–H and O–H groups in total. The van der Waals surface area contributed by atoms with Crippen LogP contribution in [0.25, 0.3) is 0 Å². The number of ether oxygens (including phenoxy) is 2. The number of aromatic nitrogens is 1. The van der Waals surface area contributed by atoms with E-state index in [0.29, 0.717) is 11.7 Å². The van der Waals surface area contributed by atoms with Gasteiger partial charge in [-0.25, -0.2) is 4.79 Å². The number of hydrogen-bond acceptors (Lipinski definition) is 4. The summed E-state index contributed by atoms with van der Waals surface area (Å²) in [6, 6.07) is 4.27. The van der Waals surface area contributed by atoms with Gasteiger partial charge < -0.3 is 14.0 Å². The molecule has 5 heteroatoms. The van der Waals surface area contributed by atoms with Gasteiger partial charge in [-0.15, -0.1) is 0 Å². The van der Waals surface area contributed by atoms with Crippen molar-refractivity contribution in [3.05, 3.63) is 24.0 Å². The molecule has 1 atom stereocenters. The van der Waals surface area contributed by atoms with E-state index in [2.05, 4.69) is 4.90 Å². The molecule has 1 aromatic rings. The molecule has 0 unspecified atom stereocenters. The van der Waals surface area contributed by atoms with Gasteiger partial charge in [0.15, 0.2) is 0 Å². The summed E-state index contributed by atoms with van der Waals surface area (Å²) in [7, 11) is 0. The standard InChI is InChI=1S/C15H22N2O3/c1-12(11-16-7-9-19-10-8-16)20-15(18)14-3-2-6-17(14)13-4-5-13/h2-3,6,12-13H,4-5,7-11H2,1H3/t12-/m0/s1. The Balaban J connectivity index is 1.53. The number of morpholine rings is 1. The molecular formula is C15H22N2O3. The first kappa shape index (κ1) is 13.6. The Labute approximate surface area is 119 Å². The summed E-state index contributed by atoms with van der Waals surface area (Å²) in [6.45, 7) is 6.11. The van der Waals surface area contributed by atoms with Crippen molar-refractivity contribution >= 4 is 5.97 Å². The van der Waals surface area contributed by atoms with Crippen LogP contribution in [-0.4, -0.2) is 54.4 Å². The third-order valence-corrected chi connectivity index (χ3v) is 3.86. The molecule has 5 nitrogen and oxygen atoms in total. The highest BCUT2D eigenvalue weighted by molar-refractivity contribution is 5.88. The second kappa shape index (κ2) is 5.97. The zero-order valence-corrected chi connectivity index (χ0v) is 12.0. The van der Waals surface area contributed by atoms with Gasteiger partial charge in [0.05, 0.1) is 13.2 Å². The summed E-state index contributed by atoms with van der Waals surface area (Å²) in [5.74, 6) is -0.206. The van der Waals surface area contributed by atoms with Crippen LogP contribution in [-0.2, 0) is 9.47 Å². The highest BCUT2D eigenvalue weighted by atomic mass is 16.5. The molecule has 3 rings (SSSR count). The fraction of sp³-hybridized carbons (Fsp3) is 0.667. The highest BCUT2D eigenvalue weighted by Gasteiger charge is 2.28.